The van der Waals surface area contributed by atoms with E-state index in [-0.39, 0.29) is 7.92 Å². The number of nitrogens with zero attached hydrogens (tertiary/aromatic N) is 2. The van der Waals surface area contributed by atoms with E-state index in [0.717, 1.165) is 54.7 Å². The predicted octanol–water partition coefficient (Wildman–Crippen LogP) is 4.92. The molecule has 0 saturated carbocycles. The van der Waals surface area contributed by atoms with Crippen LogP contribution < -0.4 is 10.2 Å². The van der Waals surface area contributed by atoms with Gasteiger partial charge in [-0.25, -0.2) is 4.98 Å². The van der Waals surface area contributed by atoms with Crippen molar-refractivity contribution in [3.8, 4) is 11.1 Å². The zero-order valence-corrected chi connectivity index (χ0v) is 17.5. The second-order valence-electron chi connectivity index (χ2n) is 7.04. The number of H-pyrrole nitrogens is 1. The fourth-order valence-corrected chi connectivity index (χ4v) is 4.43. The minimum atomic E-state index is -0.338. The van der Waals surface area contributed by atoms with Gasteiger partial charge in [-0.15, -0.1) is 0 Å². The average Bonchev–Trinajstić information content (AvgIpc) is 3.10. The summed E-state index contributed by atoms with van der Waals surface area (Å²) in [4.78, 5) is 21.3. The standard InChI is InChI=1S/C22H28N3OP/c1-5-7-10-25(15-26)20-9-8-17(12-21(20)27(3)4)18-11-19-16(6-2)13-23-22(19)24-14-18/h8-9,11-15H,5-7,10H2,1-4H3,(H,23,24). The smallest absolute Gasteiger partial charge is 0.214 e. The summed E-state index contributed by atoms with van der Waals surface area (Å²) in [5.41, 5.74) is 5.54. The van der Waals surface area contributed by atoms with Crippen LogP contribution in [0, 0.1) is 0 Å². The third-order valence-corrected chi connectivity index (χ3v) is 6.30. The molecule has 142 valence electrons. The molecule has 0 atom stereocenters. The highest BCUT2D eigenvalue weighted by atomic mass is 31.1. The van der Waals surface area contributed by atoms with Gasteiger partial charge in [-0.1, -0.05) is 34.3 Å². The molecule has 0 aliphatic heterocycles. The molecule has 0 aliphatic carbocycles. The molecule has 0 fully saturated rings. The molecule has 4 nitrogen and oxygen atoms in total. The van der Waals surface area contributed by atoms with Crippen LogP contribution >= 0.6 is 7.92 Å². The summed E-state index contributed by atoms with van der Waals surface area (Å²) < 4.78 is 0. The molecular weight excluding hydrogens is 353 g/mol. The fraction of sp³-hybridized carbons (Fsp3) is 0.364. The Hall–Kier alpha value is -2.19. The van der Waals surface area contributed by atoms with Crippen molar-refractivity contribution in [1.29, 1.82) is 0 Å². The highest BCUT2D eigenvalue weighted by Crippen LogP contribution is 2.33. The maximum Gasteiger partial charge on any atom is 0.214 e. The first kappa shape index (κ1) is 19.6. The number of aryl methyl sites for hydroxylation is 1. The van der Waals surface area contributed by atoms with E-state index in [1.165, 1.54) is 16.3 Å². The molecule has 0 saturated heterocycles. The maximum atomic E-state index is 11.6. The van der Waals surface area contributed by atoms with E-state index >= 15 is 0 Å². The molecule has 1 aromatic carbocycles. The van der Waals surface area contributed by atoms with Gasteiger partial charge in [0.25, 0.3) is 0 Å². The summed E-state index contributed by atoms with van der Waals surface area (Å²) >= 11 is 0. The molecule has 0 aliphatic rings. The van der Waals surface area contributed by atoms with Crippen molar-refractivity contribution in [2.45, 2.75) is 33.1 Å². The number of carbonyl (C=O) groups is 1. The Kier molecular flexibility index (Phi) is 6.28. The lowest BCUT2D eigenvalue weighted by Crippen LogP contribution is -2.27. The van der Waals surface area contributed by atoms with Crippen LogP contribution in [0.5, 0.6) is 0 Å². The van der Waals surface area contributed by atoms with Crippen molar-refractivity contribution in [3.63, 3.8) is 0 Å². The molecule has 0 radical (unpaired) electrons. The van der Waals surface area contributed by atoms with Gasteiger partial charge in [-0.3, -0.25) is 4.79 Å². The minimum Gasteiger partial charge on any atom is -0.346 e. The lowest BCUT2D eigenvalue weighted by atomic mass is 10.0. The molecule has 5 heteroatoms. The van der Waals surface area contributed by atoms with Crippen molar-refractivity contribution < 1.29 is 4.79 Å². The molecule has 3 aromatic rings. The first-order valence-corrected chi connectivity index (χ1v) is 11.8. The second-order valence-corrected chi connectivity index (χ2v) is 9.31. The first-order valence-electron chi connectivity index (χ1n) is 9.58. The number of aromatic nitrogens is 2. The van der Waals surface area contributed by atoms with Crippen LogP contribution in [0.15, 0.2) is 36.7 Å². The summed E-state index contributed by atoms with van der Waals surface area (Å²) in [7, 11) is -0.338. The van der Waals surface area contributed by atoms with Crippen LogP contribution in [0.4, 0.5) is 5.69 Å². The molecule has 2 aromatic heterocycles. The van der Waals surface area contributed by atoms with Gasteiger partial charge in [0.15, 0.2) is 0 Å². The van der Waals surface area contributed by atoms with Gasteiger partial charge in [0.1, 0.15) is 5.65 Å². The highest BCUT2D eigenvalue weighted by Gasteiger charge is 2.15. The predicted molar refractivity (Wildman–Crippen MR) is 118 cm³/mol. The number of nitrogens with one attached hydrogen (secondary N) is 1. The van der Waals surface area contributed by atoms with E-state index in [1.54, 1.807) is 0 Å². The van der Waals surface area contributed by atoms with E-state index in [0.29, 0.717) is 0 Å². The number of unbranched alkanes of at least 4 members (excludes halogenated alkanes) is 1. The van der Waals surface area contributed by atoms with E-state index in [1.807, 2.05) is 17.3 Å². The van der Waals surface area contributed by atoms with Crippen molar-refractivity contribution >= 4 is 36.4 Å². The van der Waals surface area contributed by atoms with Gasteiger partial charge in [0, 0.05) is 29.9 Å². The summed E-state index contributed by atoms with van der Waals surface area (Å²) in [6, 6.07) is 8.67. The summed E-state index contributed by atoms with van der Waals surface area (Å²) in [6.07, 6.45) is 8.01. The molecule has 27 heavy (non-hydrogen) atoms. The molecule has 0 bridgehead atoms. The Morgan fingerprint density at radius 2 is 2.00 bits per heavy atom. The van der Waals surface area contributed by atoms with Crippen LogP contribution in [0.25, 0.3) is 22.2 Å². The quantitative estimate of drug-likeness (QED) is 0.445. The number of amides is 1. The number of pyridine rings is 1. The van der Waals surface area contributed by atoms with Gasteiger partial charge in [0.05, 0.1) is 5.69 Å². The molecule has 2 heterocycles. The molecular formula is C22H28N3OP. The molecule has 0 spiro atoms. The Morgan fingerprint density at radius 1 is 1.19 bits per heavy atom. The molecule has 1 amide bonds. The second kappa shape index (κ2) is 8.67. The van der Waals surface area contributed by atoms with E-state index in [4.69, 9.17) is 0 Å². The Morgan fingerprint density at radius 3 is 2.67 bits per heavy atom. The lowest BCUT2D eigenvalue weighted by molar-refractivity contribution is -0.107. The summed E-state index contributed by atoms with van der Waals surface area (Å²) in [5, 5.41) is 2.45. The third-order valence-electron chi connectivity index (χ3n) is 4.98. The van der Waals surface area contributed by atoms with Crippen LogP contribution in [-0.4, -0.2) is 36.3 Å². The van der Waals surface area contributed by atoms with Gasteiger partial charge in [0.2, 0.25) is 6.41 Å². The molecule has 0 unspecified atom stereocenters. The highest BCUT2D eigenvalue weighted by molar-refractivity contribution is 7.64. The van der Waals surface area contributed by atoms with E-state index in [9.17, 15) is 4.79 Å². The van der Waals surface area contributed by atoms with Crippen LogP contribution in [0.3, 0.4) is 0 Å². The van der Waals surface area contributed by atoms with Crippen molar-refractivity contribution in [2.75, 3.05) is 24.8 Å². The first-order chi connectivity index (χ1) is 13.1. The normalized spacial score (nSPS) is 11.3. The average molecular weight is 381 g/mol. The zero-order valence-electron chi connectivity index (χ0n) is 16.6. The number of fused-ring (bicyclic) bond motifs is 1. The van der Waals surface area contributed by atoms with Crippen LogP contribution in [-0.2, 0) is 11.2 Å². The number of rotatable bonds is 8. The Labute approximate surface area is 162 Å². The van der Waals surface area contributed by atoms with Crippen molar-refractivity contribution in [2.24, 2.45) is 0 Å². The van der Waals surface area contributed by atoms with E-state index in [2.05, 4.69) is 61.4 Å². The van der Waals surface area contributed by atoms with Gasteiger partial charge in [-0.2, -0.15) is 0 Å². The van der Waals surface area contributed by atoms with Crippen LogP contribution in [0.1, 0.15) is 32.3 Å². The topological polar surface area (TPSA) is 49.0 Å². The number of hydrogen-bond acceptors (Lipinski definition) is 2. The number of benzene rings is 1. The number of aromatic amines is 1. The SMILES string of the molecule is CCCCN(C=O)c1ccc(-c2cnc3[nH]cc(CC)c3c2)cc1P(C)C. The third kappa shape index (κ3) is 4.06. The van der Waals surface area contributed by atoms with Crippen molar-refractivity contribution in [1.82, 2.24) is 9.97 Å². The van der Waals surface area contributed by atoms with E-state index < -0.39 is 0 Å². The van der Waals surface area contributed by atoms with Gasteiger partial charge >= 0.3 is 0 Å². The van der Waals surface area contributed by atoms with Crippen molar-refractivity contribution in [3.05, 3.63) is 42.2 Å². The van der Waals surface area contributed by atoms with Gasteiger partial charge in [-0.05, 0) is 60.8 Å². The number of anilines is 1. The Balaban J connectivity index is 2.04. The lowest BCUT2D eigenvalue weighted by Gasteiger charge is -2.23. The largest absolute Gasteiger partial charge is 0.346 e. The summed E-state index contributed by atoms with van der Waals surface area (Å²) in [6.45, 7) is 9.56. The minimum absolute atomic E-state index is 0.338. The Bertz CT molecular complexity index is 932. The van der Waals surface area contributed by atoms with Crippen LogP contribution in [0.2, 0.25) is 0 Å². The fourth-order valence-electron chi connectivity index (χ4n) is 3.37. The summed E-state index contributed by atoms with van der Waals surface area (Å²) in [5.74, 6) is 0. The zero-order chi connectivity index (χ0) is 19.4. The monoisotopic (exact) mass is 381 g/mol. The molecule has 1 N–H and O–H groups in total. The number of hydrogen-bond donors (Lipinski definition) is 1. The van der Waals surface area contributed by atoms with Gasteiger partial charge < -0.3 is 9.88 Å². The molecule has 3 rings (SSSR count). The number of carbonyl (C=O) groups excluding carboxylic acids is 1. The maximum absolute atomic E-state index is 11.6.